The Morgan fingerprint density at radius 2 is 2.05 bits per heavy atom. The lowest BCUT2D eigenvalue weighted by Crippen LogP contribution is -2.04. The molecule has 7 nitrogen and oxygen atoms in total. The molecule has 0 bridgehead atoms. The Morgan fingerprint density at radius 3 is 2.70 bits per heavy atom. The van der Waals surface area contributed by atoms with Crippen LogP contribution in [0.4, 0.5) is 5.69 Å². The Morgan fingerprint density at radius 1 is 1.35 bits per heavy atom. The van der Waals surface area contributed by atoms with Crippen molar-refractivity contribution in [2.24, 2.45) is 5.11 Å². The normalized spacial score (nSPS) is 10.9. The predicted molar refractivity (Wildman–Crippen MR) is 73.4 cm³/mol. The highest BCUT2D eigenvalue weighted by molar-refractivity contribution is 5.43. The smallest absolute Gasteiger partial charge is 0.316 e. The Labute approximate surface area is 116 Å². The van der Waals surface area contributed by atoms with Gasteiger partial charge in [0.15, 0.2) is 0 Å². The third-order valence-corrected chi connectivity index (χ3v) is 2.34. The summed E-state index contributed by atoms with van der Waals surface area (Å²) >= 11 is 0. The molecule has 2 aromatic rings. The minimum Gasteiger partial charge on any atom is -0.457 e. The van der Waals surface area contributed by atoms with Gasteiger partial charge in [0, 0.05) is 36.7 Å². The summed E-state index contributed by atoms with van der Waals surface area (Å²) in [6, 6.07) is 3.87. The highest BCUT2D eigenvalue weighted by atomic mass is 16.5. The average molecular weight is 270 g/mol. The zero-order valence-electron chi connectivity index (χ0n) is 10.9. The highest BCUT2D eigenvalue weighted by Gasteiger charge is 2.00. The number of pyridine rings is 1. The third kappa shape index (κ3) is 4.13. The summed E-state index contributed by atoms with van der Waals surface area (Å²) in [6.45, 7) is 2.01. The van der Waals surface area contributed by atoms with E-state index in [-0.39, 0.29) is 12.6 Å². The van der Waals surface area contributed by atoms with Gasteiger partial charge < -0.3 is 10.1 Å². The largest absolute Gasteiger partial charge is 0.457 e. The molecule has 0 fully saturated rings. The second kappa shape index (κ2) is 6.93. The number of anilines is 1. The molecular weight excluding hydrogens is 256 g/mol. The molecule has 7 heteroatoms. The van der Waals surface area contributed by atoms with Crippen molar-refractivity contribution >= 4 is 5.69 Å². The SMILES string of the molecule is Cc1cnc(OC/C(=C/Nc2ccncc2)N=N)nc1. The predicted octanol–water partition coefficient (Wildman–Crippen LogP) is 2.54. The summed E-state index contributed by atoms with van der Waals surface area (Å²) < 4.78 is 5.35. The van der Waals surface area contributed by atoms with Crippen molar-refractivity contribution < 1.29 is 4.74 Å². The molecule has 0 aliphatic rings. The number of nitrogens with one attached hydrogen (secondary N) is 2. The molecule has 2 aromatic heterocycles. The van der Waals surface area contributed by atoms with Crippen molar-refractivity contribution in [3.05, 3.63) is 54.4 Å². The molecule has 2 rings (SSSR count). The zero-order valence-corrected chi connectivity index (χ0v) is 10.9. The maximum Gasteiger partial charge on any atom is 0.316 e. The van der Waals surface area contributed by atoms with Gasteiger partial charge in [-0.25, -0.2) is 15.5 Å². The van der Waals surface area contributed by atoms with Crippen LogP contribution in [0.2, 0.25) is 0 Å². The topological polar surface area (TPSA) is 96.1 Å². The van der Waals surface area contributed by atoms with Crippen molar-refractivity contribution in [3.63, 3.8) is 0 Å². The van der Waals surface area contributed by atoms with Crippen molar-refractivity contribution in [1.29, 1.82) is 5.53 Å². The minimum absolute atomic E-state index is 0.116. The number of ether oxygens (including phenoxy) is 1. The minimum atomic E-state index is 0.116. The van der Waals surface area contributed by atoms with Crippen LogP contribution in [-0.4, -0.2) is 21.6 Å². The van der Waals surface area contributed by atoms with E-state index in [1.165, 1.54) is 0 Å². The van der Waals surface area contributed by atoms with Crippen LogP contribution in [0.3, 0.4) is 0 Å². The van der Waals surface area contributed by atoms with Crippen LogP contribution < -0.4 is 10.1 Å². The van der Waals surface area contributed by atoms with Crippen LogP contribution >= 0.6 is 0 Å². The Hall–Kier alpha value is -2.83. The zero-order chi connectivity index (χ0) is 14.2. The third-order valence-electron chi connectivity index (χ3n) is 2.34. The fourth-order valence-electron chi connectivity index (χ4n) is 1.31. The molecule has 0 saturated carbocycles. The van der Waals surface area contributed by atoms with Gasteiger partial charge in [-0.2, -0.15) is 5.11 Å². The second-order valence-electron chi connectivity index (χ2n) is 3.96. The summed E-state index contributed by atoms with van der Waals surface area (Å²) in [5.74, 6) is 0. The van der Waals surface area contributed by atoms with Crippen molar-refractivity contribution in [1.82, 2.24) is 15.0 Å². The van der Waals surface area contributed by atoms with E-state index in [2.05, 4.69) is 25.4 Å². The summed E-state index contributed by atoms with van der Waals surface area (Å²) in [5, 5.41) is 6.39. The number of aryl methyl sites for hydroxylation is 1. The summed E-state index contributed by atoms with van der Waals surface area (Å²) in [7, 11) is 0. The van der Waals surface area contributed by atoms with Crippen molar-refractivity contribution in [3.8, 4) is 6.01 Å². The molecule has 0 aliphatic carbocycles. The number of nitrogens with zero attached hydrogens (tertiary/aromatic N) is 4. The molecular formula is C13H14N6O. The summed E-state index contributed by atoms with van der Waals surface area (Å²) in [6.07, 6.45) is 8.27. The Balaban J connectivity index is 1.92. The molecule has 0 radical (unpaired) electrons. The molecule has 0 saturated heterocycles. The van der Waals surface area contributed by atoms with Gasteiger partial charge >= 0.3 is 6.01 Å². The van der Waals surface area contributed by atoms with Crippen LogP contribution in [0.25, 0.3) is 0 Å². The van der Waals surface area contributed by atoms with Crippen LogP contribution in [0.5, 0.6) is 6.01 Å². The lowest BCUT2D eigenvalue weighted by Gasteiger charge is -2.05. The van der Waals surface area contributed by atoms with E-state index in [1.54, 1.807) is 31.0 Å². The van der Waals surface area contributed by atoms with E-state index in [0.29, 0.717) is 5.70 Å². The molecule has 0 spiro atoms. The molecule has 102 valence electrons. The molecule has 0 unspecified atom stereocenters. The van der Waals surface area contributed by atoms with E-state index in [9.17, 15) is 0 Å². The number of hydrogen-bond acceptors (Lipinski definition) is 7. The lowest BCUT2D eigenvalue weighted by molar-refractivity contribution is 0.320. The van der Waals surface area contributed by atoms with Gasteiger partial charge in [-0.1, -0.05) is 0 Å². The summed E-state index contributed by atoms with van der Waals surface area (Å²) in [4.78, 5) is 11.9. The number of rotatable bonds is 6. The van der Waals surface area contributed by atoms with Crippen LogP contribution in [0.15, 0.2) is 53.9 Å². The summed E-state index contributed by atoms with van der Waals surface area (Å²) in [5.41, 5.74) is 9.34. The van der Waals surface area contributed by atoms with E-state index in [4.69, 9.17) is 10.3 Å². The van der Waals surface area contributed by atoms with Crippen LogP contribution in [0, 0.1) is 12.5 Å². The molecule has 20 heavy (non-hydrogen) atoms. The van der Waals surface area contributed by atoms with Gasteiger partial charge in [0.05, 0.1) is 0 Å². The maximum atomic E-state index is 7.11. The van der Waals surface area contributed by atoms with Crippen molar-refractivity contribution in [2.45, 2.75) is 6.92 Å². The fourth-order valence-corrected chi connectivity index (χ4v) is 1.31. The first-order chi connectivity index (χ1) is 9.78. The molecule has 0 amide bonds. The highest BCUT2D eigenvalue weighted by Crippen LogP contribution is 2.07. The van der Waals surface area contributed by atoms with Gasteiger partial charge in [-0.15, -0.1) is 0 Å². The Kier molecular flexibility index (Phi) is 4.71. The van der Waals surface area contributed by atoms with Gasteiger partial charge in [0.2, 0.25) is 0 Å². The van der Waals surface area contributed by atoms with E-state index in [0.717, 1.165) is 11.3 Å². The first-order valence-corrected chi connectivity index (χ1v) is 5.92. The quantitative estimate of drug-likeness (QED) is 0.786. The van der Waals surface area contributed by atoms with Crippen molar-refractivity contribution in [2.75, 3.05) is 11.9 Å². The molecule has 0 aliphatic heterocycles. The number of hydrogen-bond donors (Lipinski definition) is 2. The van der Waals surface area contributed by atoms with E-state index < -0.39 is 0 Å². The Bertz CT molecular complexity index is 582. The monoisotopic (exact) mass is 270 g/mol. The van der Waals surface area contributed by atoms with Crippen LogP contribution in [0.1, 0.15) is 5.56 Å². The maximum absolute atomic E-state index is 7.11. The average Bonchev–Trinajstić information content (AvgIpc) is 2.50. The first kappa shape index (κ1) is 13.6. The molecule has 2 N–H and O–H groups in total. The first-order valence-electron chi connectivity index (χ1n) is 5.92. The number of aromatic nitrogens is 3. The van der Waals surface area contributed by atoms with Crippen LogP contribution in [-0.2, 0) is 0 Å². The lowest BCUT2D eigenvalue weighted by atomic mass is 10.4. The van der Waals surface area contributed by atoms with Gasteiger partial charge in [0.1, 0.15) is 12.3 Å². The van der Waals surface area contributed by atoms with E-state index >= 15 is 0 Å². The molecule has 0 aromatic carbocycles. The van der Waals surface area contributed by atoms with Gasteiger partial charge in [0.25, 0.3) is 0 Å². The second-order valence-corrected chi connectivity index (χ2v) is 3.96. The van der Waals surface area contributed by atoms with Gasteiger partial charge in [-0.3, -0.25) is 4.98 Å². The molecule has 0 atom stereocenters. The van der Waals surface area contributed by atoms with E-state index in [1.807, 2.05) is 19.1 Å². The standard InChI is InChI=1S/C13H14N6O/c1-10-6-17-13(18-7-10)20-9-12(19-14)8-16-11-2-4-15-5-3-11/h2-8,14H,9H2,1H3,(H,15,16)/b12-8-,19-14?. The molecule has 2 heterocycles. The fraction of sp³-hybridized carbons (Fsp3) is 0.154. The van der Waals surface area contributed by atoms with Gasteiger partial charge in [-0.05, 0) is 24.6 Å².